The van der Waals surface area contributed by atoms with E-state index >= 15 is 0 Å². The average Bonchev–Trinajstić information content (AvgIpc) is 2.36. The Morgan fingerprint density at radius 2 is 0.944 bits per heavy atom. The van der Waals surface area contributed by atoms with E-state index in [1.807, 2.05) is 0 Å². The highest BCUT2D eigenvalue weighted by Gasteiger charge is 2.29. The zero-order valence-electron chi connectivity index (χ0n) is 9.38. The molecule has 0 bridgehead atoms. The standard InChI is InChI=1S/C10H8F4N2O2/c1-15(3-17)9-5(11)7(13)10(16(2)4-18)8(14)6(9)12/h3-4H,1-2H3. The van der Waals surface area contributed by atoms with Crippen molar-refractivity contribution in [2.75, 3.05) is 23.9 Å². The van der Waals surface area contributed by atoms with Crippen molar-refractivity contribution in [3.8, 4) is 0 Å². The normalized spacial score (nSPS) is 10.1. The fourth-order valence-electron chi connectivity index (χ4n) is 1.33. The van der Waals surface area contributed by atoms with Crippen molar-refractivity contribution in [2.24, 2.45) is 0 Å². The van der Waals surface area contributed by atoms with Crippen LogP contribution in [0.5, 0.6) is 0 Å². The van der Waals surface area contributed by atoms with Gasteiger partial charge in [0, 0.05) is 14.1 Å². The van der Waals surface area contributed by atoms with Crippen LogP contribution >= 0.6 is 0 Å². The smallest absolute Gasteiger partial charge is 0.214 e. The summed E-state index contributed by atoms with van der Waals surface area (Å²) >= 11 is 0. The van der Waals surface area contributed by atoms with Gasteiger partial charge in [-0.1, -0.05) is 0 Å². The van der Waals surface area contributed by atoms with Gasteiger partial charge in [-0.2, -0.15) is 0 Å². The summed E-state index contributed by atoms with van der Waals surface area (Å²) in [7, 11) is 1.85. The van der Waals surface area contributed by atoms with E-state index in [4.69, 9.17) is 0 Å². The summed E-state index contributed by atoms with van der Waals surface area (Å²) in [4.78, 5) is 21.5. The van der Waals surface area contributed by atoms with Gasteiger partial charge in [0.1, 0.15) is 11.4 Å². The van der Waals surface area contributed by atoms with Crippen molar-refractivity contribution < 1.29 is 27.2 Å². The highest BCUT2D eigenvalue weighted by Crippen LogP contribution is 2.34. The maximum Gasteiger partial charge on any atom is 0.214 e. The fraction of sp³-hybridized carbons (Fsp3) is 0.200. The Hall–Kier alpha value is -2.12. The highest BCUT2D eigenvalue weighted by atomic mass is 19.2. The van der Waals surface area contributed by atoms with Gasteiger partial charge in [0.05, 0.1) is 0 Å². The van der Waals surface area contributed by atoms with Gasteiger partial charge in [-0.3, -0.25) is 9.59 Å². The van der Waals surface area contributed by atoms with E-state index < -0.39 is 34.6 Å². The van der Waals surface area contributed by atoms with Crippen LogP contribution in [-0.4, -0.2) is 26.9 Å². The van der Waals surface area contributed by atoms with Crippen LogP contribution < -0.4 is 9.80 Å². The van der Waals surface area contributed by atoms with Crippen LogP contribution in [0.25, 0.3) is 0 Å². The van der Waals surface area contributed by atoms with Gasteiger partial charge in [0.2, 0.25) is 12.8 Å². The number of anilines is 2. The number of hydrogen-bond acceptors (Lipinski definition) is 2. The second-order valence-corrected chi connectivity index (χ2v) is 3.39. The lowest BCUT2D eigenvalue weighted by atomic mass is 10.2. The summed E-state index contributed by atoms with van der Waals surface area (Å²) in [6, 6.07) is 0. The molecule has 4 nitrogen and oxygen atoms in total. The third kappa shape index (κ3) is 2.01. The summed E-state index contributed by atoms with van der Waals surface area (Å²) in [5.74, 6) is -7.03. The first-order valence-electron chi connectivity index (χ1n) is 4.59. The van der Waals surface area contributed by atoms with Crippen LogP contribution in [0.2, 0.25) is 0 Å². The molecule has 1 rings (SSSR count). The molecule has 1 aromatic rings. The van der Waals surface area contributed by atoms with Gasteiger partial charge >= 0.3 is 0 Å². The minimum Gasteiger partial charge on any atom is -0.313 e. The molecule has 18 heavy (non-hydrogen) atoms. The largest absolute Gasteiger partial charge is 0.313 e. The fourth-order valence-corrected chi connectivity index (χ4v) is 1.33. The number of benzene rings is 1. The molecule has 0 aliphatic rings. The predicted molar refractivity (Wildman–Crippen MR) is 55.2 cm³/mol. The van der Waals surface area contributed by atoms with Crippen molar-refractivity contribution in [3.63, 3.8) is 0 Å². The molecule has 0 atom stereocenters. The molecule has 0 aliphatic carbocycles. The number of carbonyl (C=O) groups is 2. The molecule has 98 valence electrons. The zero-order valence-corrected chi connectivity index (χ0v) is 9.38. The third-order valence-corrected chi connectivity index (χ3v) is 2.24. The van der Waals surface area contributed by atoms with Crippen LogP contribution in [0.4, 0.5) is 28.9 Å². The number of hydrogen-bond donors (Lipinski definition) is 0. The SMILES string of the molecule is CN(C=O)c1c(F)c(F)c(N(C)C=O)c(F)c1F. The molecular weight excluding hydrogens is 256 g/mol. The second kappa shape index (κ2) is 5.03. The first-order valence-corrected chi connectivity index (χ1v) is 4.59. The second-order valence-electron chi connectivity index (χ2n) is 3.39. The summed E-state index contributed by atoms with van der Waals surface area (Å²) in [5.41, 5.74) is -2.33. The summed E-state index contributed by atoms with van der Waals surface area (Å²) in [6.07, 6.45) is -0.0209. The van der Waals surface area contributed by atoms with Crippen molar-refractivity contribution in [3.05, 3.63) is 23.3 Å². The lowest BCUT2D eigenvalue weighted by Crippen LogP contribution is -2.23. The van der Waals surface area contributed by atoms with Crippen molar-refractivity contribution in [2.45, 2.75) is 0 Å². The predicted octanol–water partition coefficient (Wildman–Crippen LogP) is 1.43. The molecule has 0 saturated carbocycles. The molecule has 0 aromatic heterocycles. The van der Waals surface area contributed by atoms with E-state index in [0.717, 1.165) is 14.1 Å². The third-order valence-electron chi connectivity index (χ3n) is 2.24. The van der Waals surface area contributed by atoms with Gasteiger partial charge in [0.15, 0.2) is 23.3 Å². The molecule has 0 saturated heterocycles. The van der Waals surface area contributed by atoms with Crippen LogP contribution in [0.15, 0.2) is 0 Å². The van der Waals surface area contributed by atoms with Crippen molar-refractivity contribution in [1.82, 2.24) is 0 Å². The Kier molecular flexibility index (Phi) is 3.89. The average molecular weight is 264 g/mol. The highest BCUT2D eigenvalue weighted by molar-refractivity contribution is 5.80. The van der Waals surface area contributed by atoms with Crippen LogP contribution in [0, 0.1) is 23.3 Å². The van der Waals surface area contributed by atoms with E-state index in [0.29, 0.717) is 9.80 Å². The van der Waals surface area contributed by atoms with Crippen molar-refractivity contribution in [1.29, 1.82) is 0 Å². The molecule has 0 heterocycles. The Bertz CT molecular complexity index is 433. The van der Waals surface area contributed by atoms with Gasteiger partial charge in [-0.15, -0.1) is 0 Å². The first kappa shape index (κ1) is 13.9. The van der Waals surface area contributed by atoms with E-state index in [9.17, 15) is 27.2 Å². The van der Waals surface area contributed by atoms with Crippen LogP contribution in [0.1, 0.15) is 0 Å². The summed E-state index contributed by atoms with van der Waals surface area (Å²) in [5, 5.41) is 0. The molecule has 0 unspecified atom stereocenters. The maximum absolute atomic E-state index is 13.5. The molecule has 1 aromatic carbocycles. The Morgan fingerprint density at radius 1 is 0.722 bits per heavy atom. The lowest BCUT2D eigenvalue weighted by Gasteiger charge is -2.19. The van der Waals surface area contributed by atoms with Gasteiger partial charge in [-0.25, -0.2) is 17.6 Å². The minimum absolute atomic E-state index is 0.0104. The summed E-state index contributed by atoms with van der Waals surface area (Å²) < 4.78 is 54.0. The minimum atomic E-state index is -1.76. The molecule has 0 aliphatic heterocycles. The topological polar surface area (TPSA) is 40.6 Å². The summed E-state index contributed by atoms with van der Waals surface area (Å²) in [6.45, 7) is 0. The Balaban J connectivity index is 3.65. The van der Waals surface area contributed by atoms with Gasteiger partial charge < -0.3 is 9.80 Å². The lowest BCUT2D eigenvalue weighted by molar-refractivity contribution is -0.108. The van der Waals surface area contributed by atoms with E-state index in [2.05, 4.69) is 0 Å². The number of nitrogens with zero attached hydrogens (tertiary/aromatic N) is 2. The molecular formula is C10H8F4N2O2. The number of amides is 2. The molecule has 0 fully saturated rings. The van der Waals surface area contributed by atoms with E-state index in [1.54, 1.807) is 0 Å². The molecule has 8 heteroatoms. The quantitative estimate of drug-likeness (QED) is 0.469. The maximum atomic E-state index is 13.5. The number of halogens is 4. The number of rotatable bonds is 4. The molecule has 0 radical (unpaired) electrons. The van der Waals surface area contributed by atoms with Gasteiger partial charge in [-0.05, 0) is 0 Å². The van der Waals surface area contributed by atoms with Crippen LogP contribution in [0.3, 0.4) is 0 Å². The molecule has 0 N–H and O–H groups in total. The van der Waals surface area contributed by atoms with Crippen molar-refractivity contribution >= 4 is 24.2 Å². The Morgan fingerprint density at radius 3 is 1.11 bits per heavy atom. The van der Waals surface area contributed by atoms with Crippen LogP contribution in [-0.2, 0) is 9.59 Å². The Labute approximate surface area is 99.4 Å². The van der Waals surface area contributed by atoms with E-state index in [1.165, 1.54) is 0 Å². The molecule has 0 spiro atoms. The number of carbonyl (C=O) groups excluding carboxylic acids is 2. The molecule has 2 amide bonds. The zero-order chi connectivity index (χ0) is 14.0. The van der Waals surface area contributed by atoms with E-state index in [-0.39, 0.29) is 12.8 Å². The first-order chi connectivity index (χ1) is 8.36. The van der Waals surface area contributed by atoms with Gasteiger partial charge in [0.25, 0.3) is 0 Å². The monoisotopic (exact) mass is 264 g/mol.